The summed E-state index contributed by atoms with van der Waals surface area (Å²) in [5.41, 5.74) is 1.55. The number of benzene rings is 2. The van der Waals surface area contributed by atoms with E-state index >= 15 is 0 Å². The summed E-state index contributed by atoms with van der Waals surface area (Å²) in [5, 5.41) is 2.73. The van der Waals surface area contributed by atoms with Crippen LogP contribution in [-0.4, -0.2) is 19.3 Å². The van der Waals surface area contributed by atoms with E-state index in [0.717, 1.165) is 11.4 Å². The lowest BCUT2D eigenvalue weighted by molar-refractivity contribution is 0.248. The zero-order valence-electron chi connectivity index (χ0n) is 11.1. The summed E-state index contributed by atoms with van der Waals surface area (Å²) in [6.45, 7) is -0.109. The van der Waals surface area contributed by atoms with Crippen molar-refractivity contribution in [2.45, 2.75) is 6.42 Å². The molecule has 2 aromatic carbocycles. The predicted molar refractivity (Wildman–Crippen MR) is 79.0 cm³/mol. The second-order valence-electron chi connectivity index (χ2n) is 4.28. The lowest BCUT2D eigenvalue weighted by Gasteiger charge is -2.23. The maximum Gasteiger partial charge on any atom is 0.326 e. The first-order chi connectivity index (χ1) is 9.83. The van der Waals surface area contributed by atoms with Gasteiger partial charge in [0.25, 0.3) is 0 Å². The van der Waals surface area contributed by atoms with Crippen molar-refractivity contribution in [1.82, 2.24) is 5.32 Å². The molecule has 0 saturated heterocycles. The summed E-state index contributed by atoms with van der Waals surface area (Å²) in [6, 6.07) is 18.5. The SMILES string of the molecule is O=C(NCCCF)N(c1ccccc1)c1ccccc1. The number of halogens is 1. The molecule has 3 nitrogen and oxygen atoms in total. The van der Waals surface area contributed by atoms with Gasteiger partial charge >= 0.3 is 6.03 Å². The van der Waals surface area contributed by atoms with Crippen molar-refractivity contribution in [2.24, 2.45) is 0 Å². The molecular formula is C16H17FN2O. The van der Waals surface area contributed by atoms with Crippen molar-refractivity contribution in [3.8, 4) is 0 Å². The van der Waals surface area contributed by atoms with Crippen molar-refractivity contribution in [1.29, 1.82) is 0 Å². The molecule has 0 radical (unpaired) electrons. The maximum atomic E-state index is 12.3. The third-order valence-electron chi connectivity index (χ3n) is 2.82. The van der Waals surface area contributed by atoms with E-state index in [9.17, 15) is 9.18 Å². The molecule has 0 aliphatic carbocycles. The molecule has 2 rings (SSSR count). The fourth-order valence-electron chi connectivity index (χ4n) is 1.88. The van der Waals surface area contributed by atoms with Crippen LogP contribution in [0.3, 0.4) is 0 Å². The van der Waals surface area contributed by atoms with E-state index in [0.29, 0.717) is 13.0 Å². The lowest BCUT2D eigenvalue weighted by Crippen LogP contribution is -2.37. The molecule has 0 aromatic heterocycles. The van der Waals surface area contributed by atoms with Gasteiger partial charge < -0.3 is 5.32 Å². The smallest absolute Gasteiger partial charge is 0.326 e. The first-order valence-corrected chi connectivity index (χ1v) is 6.57. The fraction of sp³-hybridized carbons (Fsp3) is 0.188. The second-order valence-corrected chi connectivity index (χ2v) is 4.28. The number of amides is 2. The molecule has 0 unspecified atom stereocenters. The number of carbonyl (C=O) groups is 1. The van der Waals surface area contributed by atoms with Crippen molar-refractivity contribution in [3.05, 3.63) is 60.7 Å². The van der Waals surface area contributed by atoms with Gasteiger partial charge in [0.15, 0.2) is 0 Å². The summed E-state index contributed by atoms with van der Waals surface area (Å²) < 4.78 is 12.1. The Morgan fingerprint density at radius 2 is 1.45 bits per heavy atom. The molecule has 104 valence electrons. The largest absolute Gasteiger partial charge is 0.337 e. The van der Waals surface area contributed by atoms with Crippen LogP contribution in [-0.2, 0) is 0 Å². The van der Waals surface area contributed by atoms with E-state index in [2.05, 4.69) is 5.32 Å². The highest BCUT2D eigenvalue weighted by Gasteiger charge is 2.16. The van der Waals surface area contributed by atoms with Crippen LogP contribution in [0, 0.1) is 0 Å². The highest BCUT2D eigenvalue weighted by atomic mass is 19.1. The zero-order chi connectivity index (χ0) is 14.2. The number of para-hydroxylation sites is 2. The number of hydrogen-bond donors (Lipinski definition) is 1. The van der Waals surface area contributed by atoms with Crippen LogP contribution in [0.2, 0.25) is 0 Å². The van der Waals surface area contributed by atoms with Gasteiger partial charge in [-0.2, -0.15) is 0 Å². The number of hydrogen-bond acceptors (Lipinski definition) is 1. The summed E-state index contributed by atoms with van der Waals surface area (Å²) >= 11 is 0. The number of anilines is 2. The Bertz CT molecular complexity index is 491. The number of alkyl halides is 1. The van der Waals surface area contributed by atoms with Crippen LogP contribution in [0.5, 0.6) is 0 Å². The highest BCUT2D eigenvalue weighted by molar-refractivity contribution is 5.99. The number of urea groups is 1. The predicted octanol–water partition coefficient (Wildman–Crippen LogP) is 3.89. The van der Waals surface area contributed by atoms with Gasteiger partial charge in [-0.05, 0) is 30.7 Å². The number of rotatable bonds is 5. The van der Waals surface area contributed by atoms with Gasteiger partial charge in [0.2, 0.25) is 0 Å². The van der Waals surface area contributed by atoms with Gasteiger partial charge in [-0.25, -0.2) is 4.79 Å². The minimum absolute atomic E-state index is 0.254. The van der Waals surface area contributed by atoms with Crippen LogP contribution >= 0.6 is 0 Å². The normalized spacial score (nSPS) is 10.1. The Kier molecular flexibility index (Phi) is 5.12. The molecule has 0 aliphatic heterocycles. The van der Waals surface area contributed by atoms with E-state index < -0.39 is 6.67 Å². The van der Waals surface area contributed by atoms with Crippen LogP contribution in [0.25, 0.3) is 0 Å². The molecule has 4 heteroatoms. The van der Waals surface area contributed by atoms with Crippen molar-refractivity contribution in [2.75, 3.05) is 18.1 Å². The van der Waals surface area contributed by atoms with Gasteiger partial charge in [-0.1, -0.05) is 36.4 Å². The van der Waals surface area contributed by atoms with E-state index in [4.69, 9.17) is 0 Å². The average molecular weight is 272 g/mol. The molecule has 2 amide bonds. The highest BCUT2D eigenvalue weighted by Crippen LogP contribution is 2.24. The van der Waals surface area contributed by atoms with Crippen molar-refractivity contribution in [3.63, 3.8) is 0 Å². The first kappa shape index (κ1) is 14.1. The Morgan fingerprint density at radius 3 is 1.90 bits per heavy atom. The Balaban J connectivity index is 2.23. The molecule has 0 saturated carbocycles. The standard InChI is InChI=1S/C16H17FN2O/c17-12-7-13-18-16(20)19(14-8-3-1-4-9-14)15-10-5-2-6-11-15/h1-6,8-11H,7,12-13H2,(H,18,20). The molecule has 0 heterocycles. The van der Waals surface area contributed by atoms with Crippen LogP contribution in [0.15, 0.2) is 60.7 Å². The maximum absolute atomic E-state index is 12.3. The third kappa shape index (κ3) is 3.57. The second kappa shape index (κ2) is 7.28. The van der Waals surface area contributed by atoms with Gasteiger partial charge in [0.05, 0.1) is 18.0 Å². The number of nitrogens with one attached hydrogen (secondary N) is 1. The Morgan fingerprint density at radius 1 is 0.950 bits per heavy atom. The van der Waals surface area contributed by atoms with Crippen LogP contribution in [0.4, 0.5) is 20.6 Å². The van der Waals surface area contributed by atoms with Crippen LogP contribution < -0.4 is 10.2 Å². The minimum Gasteiger partial charge on any atom is -0.337 e. The molecule has 2 aromatic rings. The van der Waals surface area contributed by atoms with E-state index in [1.165, 1.54) is 0 Å². The van der Waals surface area contributed by atoms with E-state index in [1.54, 1.807) is 4.90 Å². The quantitative estimate of drug-likeness (QED) is 0.823. The third-order valence-corrected chi connectivity index (χ3v) is 2.82. The van der Waals surface area contributed by atoms with Gasteiger partial charge in [-0.3, -0.25) is 9.29 Å². The molecule has 20 heavy (non-hydrogen) atoms. The number of nitrogens with zero attached hydrogens (tertiary/aromatic N) is 1. The molecule has 0 spiro atoms. The summed E-state index contributed by atoms with van der Waals surface area (Å²) in [4.78, 5) is 13.9. The topological polar surface area (TPSA) is 32.3 Å². The van der Waals surface area contributed by atoms with Crippen molar-refractivity contribution >= 4 is 17.4 Å². The Labute approximate surface area is 118 Å². The fourth-order valence-corrected chi connectivity index (χ4v) is 1.88. The van der Waals surface area contributed by atoms with Crippen LogP contribution in [0.1, 0.15) is 6.42 Å². The summed E-state index contributed by atoms with van der Waals surface area (Å²) in [6.07, 6.45) is 0.323. The van der Waals surface area contributed by atoms with E-state index in [1.807, 2.05) is 60.7 Å². The Hall–Kier alpha value is -2.36. The average Bonchev–Trinajstić information content (AvgIpc) is 2.50. The number of carbonyl (C=O) groups excluding carboxylic acids is 1. The summed E-state index contributed by atoms with van der Waals surface area (Å²) in [7, 11) is 0. The molecule has 0 fully saturated rings. The van der Waals surface area contributed by atoms with Gasteiger partial charge in [0, 0.05) is 6.54 Å². The lowest BCUT2D eigenvalue weighted by atomic mass is 10.2. The van der Waals surface area contributed by atoms with Gasteiger partial charge in [-0.15, -0.1) is 0 Å². The van der Waals surface area contributed by atoms with E-state index in [-0.39, 0.29) is 6.03 Å². The monoisotopic (exact) mass is 272 g/mol. The summed E-state index contributed by atoms with van der Waals surface area (Å²) in [5.74, 6) is 0. The van der Waals surface area contributed by atoms with Crippen molar-refractivity contribution < 1.29 is 9.18 Å². The minimum atomic E-state index is -0.434. The first-order valence-electron chi connectivity index (χ1n) is 6.57. The molecular weight excluding hydrogens is 255 g/mol. The zero-order valence-corrected chi connectivity index (χ0v) is 11.1. The molecule has 0 aliphatic rings. The van der Waals surface area contributed by atoms with Gasteiger partial charge in [0.1, 0.15) is 0 Å². The molecule has 0 atom stereocenters. The molecule has 1 N–H and O–H groups in total. The molecule has 0 bridgehead atoms.